The molecular weight excluding hydrogens is 344 g/mol. The van der Waals surface area contributed by atoms with Crippen LogP contribution in [0.5, 0.6) is 0 Å². The Labute approximate surface area is 160 Å². The molecule has 2 saturated heterocycles. The minimum atomic E-state index is -0.525. The number of carbonyl (C=O) groups is 1. The van der Waals surface area contributed by atoms with Crippen LogP contribution in [0.15, 0.2) is 18.2 Å². The second-order valence-electron chi connectivity index (χ2n) is 8.01. The minimum absolute atomic E-state index is 0.108. The predicted octanol–water partition coefficient (Wildman–Crippen LogP) is 3.13. The van der Waals surface area contributed by atoms with Crippen molar-refractivity contribution >= 4 is 11.5 Å². The van der Waals surface area contributed by atoms with E-state index in [9.17, 15) is 10.0 Å². The Balaban J connectivity index is 1.71. The summed E-state index contributed by atoms with van der Waals surface area (Å²) in [6.45, 7) is 7.88. The van der Waals surface area contributed by atoms with Gasteiger partial charge in [0.2, 0.25) is 0 Å². The van der Waals surface area contributed by atoms with E-state index in [1.54, 1.807) is 5.06 Å². The molecule has 1 N–H and O–H groups in total. The van der Waals surface area contributed by atoms with E-state index in [4.69, 9.17) is 9.57 Å². The summed E-state index contributed by atoms with van der Waals surface area (Å²) < 4.78 is 5.62. The van der Waals surface area contributed by atoms with Gasteiger partial charge in [-0.3, -0.25) is 4.79 Å². The normalized spacial score (nSPS) is 25.5. The third kappa shape index (κ3) is 3.31. The summed E-state index contributed by atoms with van der Waals surface area (Å²) in [5, 5.41) is 12.7. The van der Waals surface area contributed by atoms with E-state index in [1.165, 1.54) is 16.2 Å². The molecule has 3 heterocycles. The maximum atomic E-state index is 13.4. The van der Waals surface area contributed by atoms with Crippen molar-refractivity contribution in [3.05, 3.63) is 40.5 Å². The second-order valence-corrected chi connectivity index (χ2v) is 8.01. The van der Waals surface area contributed by atoms with E-state index >= 15 is 0 Å². The zero-order valence-electron chi connectivity index (χ0n) is 16.3. The summed E-state index contributed by atoms with van der Waals surface area (Å²) >= 11 is 0. The Hall–Kier alpha value is -1.73. The Morgan fingerprint density at radius 3 is 2.52 bits per heavy atom. The zero-order chi connectivity index (χ0) is 19.2. The van der Waals surface area contributed by atoms with Crippen molar-refractivity contribution in [3.8, 4) is 0 Å². The predicted molar refractivity (Wildman–Crippen MR) is 101 cm³/mol. The highest BCUT2D eigenvalue weighted by Crippen LogP contribution is 2.42. The van der Waals surface area contributed by atoms with Gasteiger partial charge in [-0.15, -0.1) is 0 Å². The number of amides is 1. The standard InChI is InChI=1S/C21H28N2O4/c1-14-11-16(3)17(12-15(14)2)18-13-21(6-8-22(25)9-7-21)23(20(18)24)27-19-5-4-10-26-19/h11-13,19,25H,4-10H2,1-3H3. The van der Waals surface area contributed by atoms with Gasteiger partial charge in [-0.05, 0) is 68.4 Å². The smallest absolute Gasteiger partial charge is 0.278 e. The first kappa shape index (κ1) is 18.6. The summed E-state index contributed by atoms with van der Waals surface area (Å²) in [6.07, 6.45) is 4.70. The summed E-state index contributed by atoms with van der Waals surface area (Å²) in [5.41, 5.74) is 4.61. The molecule has 1 amide bonds. The van der Waals surface area contributed by atoms with E-state index in [0.29, 0.717) is 38.1 Å². The summed E-state index contributed by atoms with van der Waals surface area (Å²) in [4.78, 5) is 19.5. The Bertz CT molecular complexity index is 775. The lowest BCUT2D eigenvalue weighted by Crippen LogP contribution is -2.53. The van der Waals surface area contributed by atoms with Crippen LogP contribution in [0.25, 0.3) is 5.57 Å². The van der Waals surface area contributed by atoms with E-state index in [1.807, 2.05) is 6.92 Å². The number of hydrogen-bond donors (Lipinski definition) is 1. The molecule has 4 rings (SSSR count). The summed E-state index contributed by atoms with van der Waals surface area (Å²) in [5.74, 6) is -0.108. The summed E-state index contributed by atoms with van der Waals surface area (Å²) in [6, 6.07) is 4.23. The number of hydrogen-bond acceptors (Lipinski definition) is 5. The minimum Gasteiger partial charge on any atom is -0.350 e. The zero-order valence-corrected chi connectivity index (χ0v) is 16.3. The van der Waals surface area contributed by atoms with Crippen LogP contribution in [0.2, 0.25) is 0 Å². The fourth-order valence-corrected chi connectivity index (χ4v) is 4.28. The van der Waals surface area contributed by atoms with Crippen LogP contribution in [0, 0.1) is 20.8 Å². The molecule has 0 bridgehead atoms. The van der Waals surface area contributed by atoms with Crippen molar-refractivity contribution in [1.29, 1.82) is 0 Å². The Morgan fingerprint density at radius 1 is 1.15 bits per heavy atom. The maximum Gasteiger partial charge on any atom is 0.278 e. The molecule has 3 aliphatic heterocycles. The maximum absolute atomic E-state index is 13.4. The van der Waals surface area contributed by atoms with Crippen LogP contribution < -0.4 is 0 Å². The lowest BCUT2D eigenvalue weighted by atomic mass is 9.87. The van der Waals surface area contributed by atoms with Crippen LogP contribution in [-0.2, 0) is 14.4 Å². The molecular formula is C21H28N2O4. The van der Waals surface area contributed by atoms with E-state index in [0.717, 1.165) is 24.0 Å². The van der Waals surface area contributed by atoms with Gasteiger partial charge in [-0.25, -0.2) is 9.90 Å². The SMILES string of the molecule is Cc1cc(C)c(C2=CC3(CCN(O)CC3)N(OC3CCCO3)C2=O)cc1C. The molecule has 146 valence electrons. The average molecular weight is 372 g/mol. The van der Waals surface area contributed by atoms with Crippen molar-refractivity contribution in [1.82, 2.24) is 10.1 Å². The number of piperidine rings is 1. The van der Waals surface area contributed by atoms with Gasteiger partial charge in [0.1, 0.15) is 0 Å². The van der Waals surface area contributed by atoms with Crippen LogP contribution in [0.1, 0.15) is 47.9 Å². The molecule has 2 fully saturated rings. The number of nitrogens with zero attached hydrogens (tertiary/aromatic N) is 2. The topological polar surface area (TPSA) is 62.2 Å². The number of carbonyl (C=O) groups excluding carboxylic acids is 1. The number of ether oxygens (including phenoxy) is 1. The van der Waals surface area contributed by atoms with Gasteiger partial charge >= 0.3 is 0 Å². The molecule has 0 saturated carbocycles. The quantitative estimate of drug-likeness (QED) is 0.883. The first-order chi connectivity index (χ1) is 12.9. The first-order valence-electron chi connectivity index (χ1n) is 9.77. The molecule has 1 aromatic carbocycles. The van der Waals surface area contributed by atoms with Gasteiger partial charge < -0.3 is 9.94 Å². The van der Waals surface area contributed by atoms with E-state index in [2.05, 4.69) is 32.1 Å². The van der Waals surface area contributed by atoms with Gasteiger partial charge in [0.05, 0.1) is 12.1 Å². The fraction of sp³-hybridized carbons (Fsp3) is 0.571. The molecule has 6 heteroatoms. The molecule has 3 aliphatic rings. The van der Waals surface area contributed by atoms with Crippen molar-refractivity contribution in [2.45, 2.75) is 58.3 Å². The monoisotopic (exact) mass is 372 g/mol. The molecule has 1 spiro atoms. The van der Waals surface area contributed by atoms with Crippen molar-refractivity contribution in [2.75, 3.05) is 19.7 Å². The lowest BCUT2D eigenvalue weighted by molar-refractivity contribution is -0.286. The highest BCUT2D eigenvalue weighted by atomic mass is 16.8. The van der Waals surface area contributed by atoms with Gasteiger partial charge in [-0.1, -0.05) is 12.1 Å². The molecule has 27 heavy (non-hydrogen) atoms. The van der Waals surface area contributed by atoms with Crippen molar-refractivity contribution in [2.24, 2.45) is 0 Å². The van der Waals surface area contributed by atoms with Crippen molar-refractivity contribution in [3.63, 3.8) is 0 Å². The molecule has 6 nitrogen and oxygen atoms in total. The van der Waals surface area contributed by atoms with Crippen LogP contribution in [0.4, 0.5) is 0 Å². The fourth-order valence-electron chi connectivity index (χ4n) is 4.28. The lowest BCUT2D eigenvalue weighted by Gasteiger charge is -2.42. The molecule has 0 aliphatic carbocycles. The average Bonchev–Trinajstić information content (AvgIpc) is 3.24. The Morgan fingerprint density at radius 2 is 1.85 bits per heavy atom. The van der Waals surface area contributed by atoms with E-state index < -0.39 is 5.54 Å². The number of aryl methyl sites for hydroxylation is 3. The van der Waals surface area contributed by atoms with Gasteiger partial charge in [0, 0.05) is 25.1 Å². The molecule has 0 aromatic heterocycles. The number of rotatable bonds is 3. The molecule has 1 aromatic rings. The van der Waals surface area contributed by atoms with Crippen LogP contribution in [-0.4, -0.2) is 52.8 Å². The van der Waals surface area contributed by atoms with E-state index in [-0.39, 0.29) is 12.2 Å². The first-order valence-corrected chi connectivity index (χ1v) is 9.77. The molecule has 1 atom stereocenters. The second kappa shape index (κ2) is 7.02. The van der Waals surface area contributed by atoms with Gasteiger partial charge in [-0.2, -0.15) is 5.06 Å². The third-order valence-electron chi connectivity index (χ3n) is 6.08. The summed E-state index contributed by atoms with van der Waals surface area (Å²) in [7, 11) is 0. The highest BCUT2D eigenvalue weighted by molar-refractivity contribution is 6.22. The molecule has 0 radical (unpaired) electrons. The largest absolute Gasteiger partial charge is 0.350 e. The Kier molecular flexibility index (Phi) is 4.84. The molecule has 1 unspecified atom stereocenters. The van der Waals surface area contributed by atoms with Gasteiger partial charge in [0.25, 0.3) is 5.91 Å². The number of benzene rings is 1. The van der Waals surface area contributed by atoms with Crippen LogP contribution in [0.3, 0.4) is 0 Å². The van der Waals surface area contributed by atoms with Gasteiger partial charge in [0.15, 0.2) is 6.29 Å². The van der Waals surface area contributed by atoms with Crippen molar-refractivity contribution < 1.29 is 19.6 Å². The highest BCUT2D eigenvalue weighted by Gasteiger charge is 2.49. The van der Waals surface area contributed by atoms with Crippen LogP contribution >= 0.6 is 0 Å². The third-order valence-corrected chi connectivity index (χ3v) is 6.08. The number of hydroxylamine groups is 4.